The van der Waals surface area contributed by atoms with Crippen LogP contribution in [0.4, 0.5) is 5.82 Å². The Morgan fingerprint density at radius 1 is 0.788 bits per heavy atom. The molecule has 0 atom stereocenters. The van der Waals surface area contributed by atoms with Crippen LogP contribution in [0.25, 0.3) is 16.9 Å². The highest BCUT2D eigenvalue weighted by atomic mass is 35.5. The first kappa shape index (κ1) is 21.1. The summed E-state index contributed by atoms with van der Waals surface area (Å²) in [5.41, 5.74) is 0.738. The van der Waals surface area contributed by atoms with Crippen LogP contribution in [-0.2, 0) is 4.57 Å². The maximum atomic E-state index is 14.0. The summed E-state index contributed by atoms with van der Waals surface area (Å²) < 4.78 is 27.5. The normalized spacial score (nSPS) is 11.3. The van der Waals surface area contributed by atoms with Crippen molar-refractivity contribution in [1.82, 2.24) is 14.5 Å². The van der Waals surface area contributed by atoms with Crippen molar-refractivity contribution < 1.29 is 13.6 Å². The van der Waals surface area contributed by atoms with Crippen LogP contribution in [0.5, 0.6) is 11.5 Å². The van der Waals surface area contributed by atoms with Gasteiger partial charge in [0, 0.05) is 22.8 Å². The third-order valence-corrected chi connectivity index (χ3v) is 6.35. The summed E-state index contributed by atoms with van der Waals surface area (Å²) in [4.78, 5) is 8.71. The number of aromatic nitrogens is 3. The van der Waals surface area contributed by atoms with Crippen LogP contribution >= 0.6 is 19.3 Å². The minimum atomic E-state index is -3.96. The zero-order valence-corrected chi connectivity index (χ0v) is 18.9. The van der Waals surface area contributed by atoms with Gasteiger partial charge in [0.15, 0.2) is 0 Å². The van der Waals surface area contributed by atoms with Crippen molar-refractivity contribution in [1.29, 1.82) is 0 Å². The Balaban J connectivity index is 1.62. The molecular formula is C24H18ClN4O3P. The topological polar surface area (TPSA) is 78.3 Å². The summed E-state index contributed by atoms with van der Waals surface area (Å²) in [6.45, 7) is 0. The Kier molecular flexibility index (Phi) is 5.73. The second-order valence-corrected chi connectivity index (χ2v) is 9.05. The van der Waals surface area contributed by atoms with Crippen molar-refractivity contribution in [3.63, 3.8) is 0 Å². The first-order chi connectivity index (χ1) is 16.1. The lowest BCUT2D eigenvalue weighted by Gasteiger charge is -2.21. The molecule has 1 N–H and O–H groups in total. The SMILES string of the molecule is O=P(Nc1cc2ccc(Cl)cc2n1-c1ncccn1)(Oc1ccccc1)Oc1ccccc1. The molecule has 2 heterocycles. The van der Waals surface area contributed by atoms with Crippen molar-refractivity contribution in [2.24, 2.45) is 0 Å². The predicted octanol–water partition coefficient (Wildman–Crippen LogP) is 6.75. The Morgan fingerprint density at radius 2 is 1.39 bits per heavy atom. The minimum absolute atomic E-state index is 0.378. The van der Waals surface area contributed by atoms with Crippen LogP contribution in [0.1, 0.15) is 0 Å². The highest BCUT2D eigenvalue weighted by Crippen LogP contribution is 2.49. The maximum Gasteiger partial charge on any atom is 0.542 e. The van der Waals surface area contributed by atoms with E-state index in [2.05, 4.69) is 15.1 Å². The Morgan fingerprint density at radius 3 is 2.00 bits per heavy atom. The molecule has 0 radical (unpaired) electrons. The maximum absolute atomic E-state index is 14.0. The molecule has 9 heteroatoms. The van der Waals surface area contributed by atoms with E-state index in [4.69, 9.17) is 20.6 Å². The fourth-order valence-electron chi connectivity index (χ4n) is 3.32. The number of fused-ring (bicyclic) bond motifs is 1. The van der Waals surface area contributed by atoms with Gasteiger partial charge in [-0.3, -0.25) is 9.65 Å². The van der Waals surface area contributed by atoms with Crippen LogP contribution in [-0.4, -0.2) is 14.5 Å². The van der Waals surface area contributed by atoms with E-state index in [9.17, 15) is 4.57 Å². The van der Waals surface area contributed by atoms with E-state index in [0.717, 1.165) is 10.9 Å². The number of anilines is 1. The van der Waals surface area contributed by atoms with Crippen molar-refractivity contribution in [3.8, 4) is 17.4 Å². The van der Waals surface area contributed by atoms with E-state index >= 15 is 0 Å². The fourth-order valence-corrected chi connectivity index (χ4v) is 4.86. The predicted molar refractivity (Wildman–Crippen MR) is 129 cm³/mol. The Hall–Kier alpha value is -3.80. The summed E-state index contributed by atoms with van der Waals surface area (Å²) in [6, 6.07) is 26.7. The smallest absolute Gasteiger partial charge is 0.400 e. The van der Waals surface area contributed by atoms with Gasteiger partial charge in [-0.2, -0.15) is 0 Å². The van der Waals surface area contributed by atoms with Crippen molar-refractivity contribution in [2.75, 3.05) is 5.09 Å². The van der Waals surface area contributed by atoms with E-state index in [0.29, 0.717) is 28.3 Å². The Bertz CT molecular complexity index is 1380. The van der Waals surface area contributed by atoms with E-state index in [1.165, 1.54) is 0 Å². The van der Waals surface area contributed by atoms with Crippen molar-refractivity contribution in [3.05, 3.63) is 108 Å². The quantitative estimate of drug-likeness (QED) is 0.262. The zero-order chi connectivity index (χ0) is 22.7. The molecule has 0 aliphatic rings. The van der Waals surface area contributed by atoms with Gasteiger partial charge in [-0.05, 0) is 48.5 Å². The van der Waals surface area contributed by atoms with Crippen molar-refractivity contribution >= 4 is 36.1 Å². The molecule has 7 nitrogen and oxygen atoms in total. The number of rotatable bonds is 7. The summed E-state index contributed by atoms with van der Waals surface area (Å²) in [6.07, 6.45) is 3.26. The lowest BCUT2D eigenvalue weighted by molar-refractivity contribution is 0.392. The van der Waals surface area contributed by atoms with Crippen LogP contribution in [0.3, 0.4) is 0 Å². The minimum Gasteiger partial charge on any atom is -0.400 e. The van der Waals surface area contributed by atoms with Gasteiger partial charge in [-0.15, -0.1) is 0 Å². The fraction of sp³-hybridized carbons (Fsp3) is 0. The van der Waals surface area contributed by atoms with E-state index in [1.54, 1.807) is 83.7 Å². The third kappa shape index (κ3) is 4.70. The molecular weight excluding hydrogens is 459 g/mol. The van der Waals surface area contributed by atoms with Crippen LogP contribution in [0.15, 0.2) is 103 Å². The number of hydrogen-bond donors (Lipinski definition) is 1. The van der Waals surface area contributed by atoms with Crippen LogP contribution < -0.4 is 14.1 Å². The summed E-state index contributed by atoms with van der Waals surface area (Å²) in [5, 5.41) is 4.38. The standard InChI is InChI=1S/C24H18ClN4O3P/c25-19-13-12-18-16-23(29(22(18)17-19)24-26-14-7-15-27-24)28-33(30,31-20-8-3-1-4-9-20)32-21-10-5-2-6-11-21/h1-17H,(H,28,30). The van der Waals surface area contributed by atoms with Gasteiger partial charge in [0.05, 0.1) is 5.52 Å². The van der Waals surface area contributed by atoms with Gasteiger partial charge in [-0.1, -0.05) is 54.1 Å². The van der Waals surface area contributed by atoms with E-state index < -0.39 is 7.75 Å². The second kappa shape index (κ2) is 8.98. The molecule has 0 aliphatic carbocycles. The highest BCUT2D eigenvalue weighted by molar-refractivity contribution is 7.56. The molecule has 0 fully saturated rings. The molecule has 3 aromatic carbocycles. The molecule has 0 amide bonds. The molecule has 0 bridgehead atoms. The number of nitrogens with one attached hydrogen (secondary N) is 1. The van der Waals surface area contributed by atoms with Gasteiger partial charge in [-0.25, -0.2) is 14.5 Å². The molecule has 5 rings (SSSR count). The van der Waals surface area contributed by atoms with Crippen LogP contribution in [0.2, 0.25) is 5.02 Å². The molecule has 0 saturated heterocycles. The van der Waals surface area contributed by atoms with Crippen molar-refractivity contribution in [2.45, 2.75) is 0 Å². The lowest BCUT2D eigenvalue weighted by atomic mass is 10.2. The van der Waals surface area contributed by atoms with E-state index in [-0.39, 0.29) is 0 Å². The van der Waals surface area contributed by atoms with Gasteiger partial charge in [0.1, 0.15) is 17.3 Å². The monoisotopic (exact) mass is 476 g/mol. The lowest BCUT2D eigenvalue weighted by Crippen LogP contribution is -2.13. The molecule has 0 spiro atoms. The molecule has 0 unspecified atom stereocenters. The second-order valence-electron chi connectivity index (χ2n) is 7.03. The number of nitrogens with zero attached hydrogens (tertiary/aromatic N) is 3. The number of halogens is 1. The molecule has 0 aliphatic heterocycles. The largest absolute Gasteiger partial charge is 0.542 e. The number of para-hydroxylation sites is 2. The summed E-state index contributed by atoms with van der Waals surface area (Å²) in [5.74, 6) is 1.59. The number of benzene rings is 3. The van der Waals surface area contributed by atoms with Crippen LogP contribution in [0, 0.1) is 0 Å². The summed E-state index contributed by atoms with van der Waals surface area (Å²) in [7, 11) is -3.96. The molecule has 164 valence electrons. The van der Waals surface area contributed by atoms with E-state index in [1.807, 2.05) is 24.3 Å². The molecule has 0 saturated carbocycles. The van der Waals surface area contributed by atoms with Gasteiger partial charge in [0.25, 0.3) is 0 Å². The van der Waals surface area contributed by atoms with Gasteiger partial charge < -0.3 is 9.05 Å². The zero-order valence-electron chi connectivity index (χ0n) is 17.2. The highest BCUT2D eigenvalue weighted by Gasteiger charge is 2.31. The Labute approximate surface area is 195 Å². The average molecular weight is 477 g/mol. The van der Waals surface area contributed by atoms with Gasteiger partial charge in [0.2, 0.25) is 5.95 Å². The number of hydrogen-bond acceptors (Lipinski definition) is 5. The first-order valence-electron chi connectivity index (χ1n) is 10.1. The first-order valence-corrected chi connectivity index (χ1v) is 12.0. The molecule has 5 aromatic rings. The third-order valence-electron chi connectivity index (χ3n) is 4.71. The van der Waals surface area contributed by atoms with Gasteiger partial charge >= 0.3 is 7.75 Å². The average Bonchev–Trinajstić information content (AvgIpc) is 3.17. The molecule has 33 heavy (non-hydrogen) atoms. The summed E-state index contributed by atoms with van der Waals surface area (Å²) >= 11 is 6.26. The molecule has 2 aromatic heterocycles.